The van der Waals surface area contributed by atoms with Crippen LogP contribution in [0, 0.1) is 0 Å². The third-order valence-corrected chi connectivity index (χ3v) is 1.76. The highest BCUT2D eigenvalue weighted by Crippen LogP contribution is 2.16. The quantitative estimate of drug-likeness (QED) is 0.384. The minimum atomic E-state index is -1.35. The average Bonchev–Trinajstić information content (AvgIpc) is 2.07. The predicted octanol–water partition coefficient (Wildman–Crippen LogP) is -1.98. The van der Waals surface area contributed by atoms with Gasteiger partial charge in [-0.05, 0) is 6.92 Å². The molecule has 54 valence electrons. The Kier molecular flexibility index (Phi) is 1.70. The molecule has 4 nitrogen and oxygen atoms in total. The normalized spacial score (nSPS) is 40.9. The molecule has 5 heteroatoms. The molecule has 1 aliphatic rings. The predicted molar refractivity (Wildman–Crippen MR) is 34.1 cm³/mol. The maximum Gasteiger partial charge on any atom is 0.241 e. The van der Waals surface area contributed by atoms with E-state index in [1.807, 2.05) is 0 Å². The van der Waals surface area contributed by atoms with Crippen LogP contribution >= 0.6 is 0 Å². The molecule has 10 heavy (non-hydrogen) atoms. The first-order valence-electron chi connectivity index (χ1n) is 2.99. The van der Waals surface area contributed by atoms with Crippen LogP contribution in [0.25, 0.3) is 0 Å². The van der Waals surface area contributed by atoms with E-state index in [4.69, 9.17) is 18.2 Å². The summed E-state index contributed by atoms with van der Waals surface area (Å²) in [4.78, 5) is 11.6. The average molecular weight is 141 g/mol. The molecule has 0 aromatic heterocycles. The van der Waals surface area contributed by atoms with Crippen molar-refractivity contribution in [1.82, 2.24) is 4.81 Å². The molecule has 1 rings (SSSR count). The SMILES string of the molecule is [B]N1C(=O)C(O)C(O)C1C. The van der Waals surface area contributed by atoms with E-state index in [-0.39, 0.29) is 0 Å². The molecule has 0 spiro atoms. The molecule has 2 radical (unpaired) electrons. The lowest BCUT2D eigenvalue weighted by Gasteiger charge is -2.16. The van der Waals surface area contributed by atoms with Gasteiger partial charge in [-0.25, -0.2) is 0 Å². The molecule has 1 heterocycles. The second-order valence-corrected chi connectivity index (χ2v) is 2.42. The van der Waals surface area contributed by atoms with E-state index in [2.05, 4.69) is 0 Å². The summed E-state index contributed by atoms with van der Waals surface area (Å²) in [5, 5.41) is 17.9. The van der Waals surface area contributed by atoms with E-state index in [9.17, 15) is 4.79 Å². The van der Waals surface area contributed by atoms with Crippen molar-refractivity contribution in [3.8, 4) is 0 Å². The number of carbonyl (C=O) groups is 1. The highest BCUT2D eigenvalue weighted by Gasteiger charge is 2.41. The second-order valence-electron chi connectivity index (χ2n) is 2.42. The Labute approximate surface area is 59.9 Å². The number of hydrogen-bond donors (Lipinski definition) is 2. The summed E-state index contributed by atoms with van der Waals surface area (Å²) in [5.41, 5.74) is 0. The van der Waals surface area contributed by atoms with Gasteiger partial charge in [-0.2, -0.15) is 0 Å². The van der Waals surface area contributed by atoms with Gasteiger partial charge in [0.25, 0.3) is 0 Å². The molecular formula is C5H8BNO3. The van der Waals surface area contributed by atoms with Crippen LogP contribution in [0.4, 0.5) is 0 Å². The Hall–Kier alpha value is -0.545. The van der Waals surface area contributed by atoms with Gasteiger partial charge in [0.2, 0.25) is 13.9 Å². The summed E-state index contributed by atoms with van der Waals surface area (Å²) in [5.74, 6) is -0.625. The molecule has 0 aromatic rings. The van der Waals surface area contributed by atoms with Gasteiger partial charge in [-0.15, -0.1) is 0 Å². The topological polar surface area (TPSA) is 60.8 Å². The zero-order chi connectivity index (χ0) is 7.89. The minimum Gasteiger partial charge on any atom is -0.389 e. The number of aliphatic hydroxyl groups excluding tert-OH is 2. The Morgan fingerprint density at radius 2 is 2.10 bits per heavy atom. The van der Waals surface area contributed by atoms with Crippen molar-refractivity contribution in [3.63, 3.8) is 0 Å². The van der Waals surface area contributed by atoms with Crippen molar-refractivity contribution in [2.75, 3.05) is 0 Å². The van der Waals surface area contributed by atoms with E-state index in [0.717, 1.165) is 4.81 Å². The molecule has 0 aromatic carbocycles. The van der Waals surface area contributed by atoms with Crippen LogP contribution in [-0.2, 0) is 4.79 Å². The minimum absolute atomic E-state index is 0.498. The molecule has 1 amide bonds. The van der Waals surface area contributed by atoms with E-state index in [0.29, 0.717) is 0 Å². The molecule has 3 atom stereocenters. The van der Waals surface area contributed by atoms with Gasteiger partial charge < -0.3 is 15.0 Å². The molecule has 0 aliphatic carbocycles. The van der Waals surface area contributed by atoms with Crippen LogP contribution in [0.15, 0.2) is 0 Å². The zero-order valence-corrected chi connectivity index (χ0v) is 5.56. The highest BCUT2D eigenvalue weighted by molar-refractivity contribution is 6.16. The number of nitrogens with zero attached hydrogens (tertiary/aromatic N) is 1. The number of rotatable bonds is 0. The largest absolute Gasteiger partial charge is 0.389 e. The fourth-order valence-electron chi connectivity index (χ4n) is 0.928. The van der Waals surface area contributed by atoms with Crippen molar-refractivity contribution < 1.29 is 15.0 Å². The molecule has 0 saturated carbocycles. The summed E-state index contributed by atoms with van der Waals surface area (Å²) >= 11 is 0. The summed E-state index contributed by atoms with van der Waals surface area (Å²) in [6.07, 6.45) is -2.41. The van der Waals surface area contributed by atoms with Gasteiger partial charge in [0.1, 0.15) is 6.10 Å². The van der Waals surface area contributed by atoms with E-state index in [1.165, 1.54) is 0 Å². The van der Waals surface area contributed by atoms with Crippen molar-refractivity contribution in [2.45, 2.75) is 25.2 Å². The fourth-order valence-corrected chi connectivity index (χ4v) is 0.928. The number of hydrogen-bond acceptors (Lipinski definition) is 3. The number of carbonyl (C=O) groups excluding carboxylic acids is 1. The smallest absolute Gasteiger partial charge is 0.241 e. The lowest BCUT2D eigenvalue weighted by molar-refractivity contribution is -0.132. The number of aliphatic hydroxyl groups is 2. The Morgan fingerprint density at radius 1 is 1.60 bits per heavy atom. The number of amides is 1. The summed E-state index contributed by atoms with van der Waals surface area (Å²) < 4.78 is 0. The van der Waals surface area contributed by atoms with Gasteiger partial charge in [0.15, 0.2) is 6.10 Å². The molecular weight excluding hydrogens is 133 g/mol. The summed E-state index contributed by atoms with van der Waals surface area (Å²) in [6, 6.07) is -0.498. The second kappa shape index (κ2) is 2.25. The van der Waals surface area contributed by atoms with Gasteiger partial charge in [-0.1, -0.05) is 0 Å². The lowest BCUT2D eigenvalue weighted by atomic mass is 10.1. The first-order chi connectivity index (χ1) is 4.55. The van der Waals surface area contributed by atoms with Crippen LogP contribution < -0.4 is 0 Å². The van der Waals surface area contributed by atoms with Crippen molar-refractivity contribution in [2.24, 2.45) is 0 Å². The van der Waals surface area contributed by atoms with E-state index >= 15 is 0 Å². The maximum atomic E-state index is 10.7. The van der Waals surface area contributed by atoms with E-state index < -0.39 is 24.2 Å². The van der Waals surface area contributed by atoms with E-state index in [1.54, 1.807) is 6.92 Å². The molecule has 1 saturated heterocycles. The standard InChI is InChI=1S/C5H8BNO3/c1-2-3(8)4(9)5(10)7(2)6/h2-4,8-9H,1H3. The molecule has 1 aliphatic heterocycles. The van der Waals surface area contributed by atoms with Gasteiger partial charge >= 0.3 is 0 Å². The molecule has 3 unspecified atom stereocenters. The first-order valence-corrected chi connectivity index (χ1v) is 2.99. The molecule has 2 N–H and O–H groups in total. The Balaban J connectivity index is 2.78. The summed E-state index contributed by atoms with van der Waals surface area (Å²) in [6.45, 7) is 1.57. The van der Waals surface area contributed by atoms with Crippen LogP contribution in [0.1, 0.15) is 6.92 Å². The third kappa shape index (κ3) is 0.821. The highest BCUT2D eigenvalue weighted by atomic mass is 16.3. The zero-order valence-electron chi connectivity index (χ0n) is 5.56. The Bertz CT molecular complexity index is 147. The molecule has 0 bridgehead atoms. The van der Waals surface area contributed by atoms with Crippen molar-refractivity contribution in [3.05, 3.63) is 0 Å². The Morgan fingerprint density at radius 3 is 2.20 bits per heavy atom. The third-order valence-electron chi connectivity index (χ3n) is 1.76. The van der Waals surface area contributed by atoms with Crippen LogP contribution in [0.5, 0.6) is 0 Å². The maximum absolute atomic E-state index is 10.7. The van der Waals surface area contributed by atoms with Gasteiger partial charge in [0.05, 0.1) is 0 Å². The van der Waals surface area contributed by atoms with Crippen LogP contribution in [0.3, 0.4) is 0 Å². The monoisotopic (exact) mass is 141 g/mol. The van der Waals surface area contributed by atoms with Crippen LogP contribution in [-0.4, -0.2) is 47.2 Å². The fraction of sp³-hybridized carbons (Fsp3) is 0.800. The summed E-state index contributed by atoms with van der Waals surface area (Å²) in [7, 11) is 5.17. The van der Waals surface area contributed by atoms with Gasteiger partial charge in [-0.3, -0.25) is 4.79 Å². The lowest BCUT2D eigenvalue weighted by Crippen LogP contribution is -2.31. The van der Waals surface area contributed by atoms with Crippen LogP contribution in [0.2, 0.25) is 0 Å². The van der Waals surface area contributed by atoms with Gasteiger partial charge in [0, 0.05) is 6.04 Å². The molecule has 1 fully saturated rings. The first kappa shape index (κ1) is 7.56. The van der Waals surface area contributed by atoms with Crippen molar-refractivity contribution >= 4 is 13.9 Å². The van der Waals surface area contributed by atoms with Crippen molar-refractivity contribution in [1.29, 1.82) is 0 Å².